The maximum absolute atomic E-state index is 13.3. The van der Waals surface area contributed by atoms with Gasteiger partial charge < -0.3 is 10.2 Å². The fourth-order valence-corrected chi connectivity index (χ4v) is 4.26. The highest BCUT2D eigenvalue weighted by Gasteiger charge is 2.34. The van der Waals surface area contributed by atoms with Crippen molar-refractivity contribution in [1.29, 1.82) is 0 Å². The SMILES string of the molecule is CCCC[C@@H](CC1CC1)C(=O)N[C@@H]1N=C(c2ccccc2)c2ccccc2N(C)C1=O. The third-order valence-electron chi connectivity index (χ3n) is 6.26. The van der Waals surface area contributed by atoms with E-state index in [9.17, 15) is 9.59 Å². The summed E-state index contributed by atoms with van der Waals surface area (Å²) in [5, 5.41) is 3.00. The molecule has 0 bridgehead atoms. The lowest BCUT2D eigenvalue weighted by Crippen LogP contribution is -2.48. The molecule has 2 aromatic carbocycles. The number of benzodiazepines with no additional fused rings is 1. The van der Waals surface area contributed by atoms with Crippen molar-refractivity contribution in [3.05, 3.63) is 65.7 Å². The Labute approximate surface area is 184 Å². The maximum atomic E-state index is 13.3. The molecule has 0 aromatic heterocycles. The smallest absolute Gasteiger partial charge is 0.272 e. The van der Waals surface area contributed by atoms with Gasteiger partial charge in [0.1, 0.15) is 0 Å². The molecule has 4 rings (SSSR count). The number of carbonyl (C=O) groups excluding carboxylic acids is 2. The molecule has 1 N–H and O–H groups in total. The first-order chi connectivity index (χ1) is 15.1. The largest absolute Gasteiger partial charge is 0.326 e. The van der Waals surface area contributed by atoms with Gasteiger partial charge in [0.15, 0.2) is 0 Å². The third-order valence-corrected chi connectivity index (χ3v) is 6.26. The standard InChI is InChI=1S/C26H31N3O2/c1-3-4-10-20(17-18-15-16-18)25(30)28-24-26(31)29(2)22-14-9-8-13-21(22)23(27-24)19-11-6-5-7-12-19/h5-9,11-14,18,20,24H,3-4,10,15-17H2,1-2H3,(H,28,30)/t20-,24-/m0/s1. The predicted octanol–water partition coefficient (Wildman–Crippen LogP) is 4.55. The van der Waals surface area contributed by atoms with Crippen LogP contribution in [0.1, 0.15) is 56.6 Å². The number of hydrogen-bond donors (Lipinski definition) is 1. The first-order valence-electron chi connectivity index (χ1n) is 11.4. The van der Waals surface area contributed by atoms with Crippen molar-refractivity contribution in [2.75, 3.05) is 11.9 Å². The summed E-state index contributed by atoms with van der Waals surface area (Å²) >= 11 is 0. The molecule has 5 heteroatoms. The number of unbranched alkanes of at least 4 members (excludes halogenated alkanes) is 1. The number of para-hydroxylation sites is 1. The average molecular weight is 418 g/mol. The first-order valence-corrected chi connectivity index (χ1v) is 11.4. The third kappa shape index (κ3) is 4.87. The highest BCUT2D eigenvalue weighted by Crippen LogP contribution is 2.37. The van der Waals surface area contributed by atoms with E-state index in [1.165, 1.54) is 12.8 Å². The molecule has 1 fully saturated rings. The van der Waals surface area contributed by atoms with E-state index in [4.69, 9.17) is 4.99 Å². The number of likely N-dealkylation sites (N-methyl/N-ethyl adjacent to an activating group) is 1. The lowest BCUT2D eigenvalue weighted by Gasteiger charge is -2.23. The Hall–Kier alpha value is -2.95. The van der Waals surface area contributed by atoms with Crippen LogP contribution in [-0.4, -0.2) is 30.7 Å². The van der Waals surface area contributed by atoms with E-state index in [0.29, 0.717) is 5.92 Å². The summed E-state index contributed by atoms with van der Waals surface area (Å²) in [6.07, 6.45) is 5.37. The van der Waals surface area contributed by atoms with Crippen LogP contribution >= 0.6 is 0 Å². The Morgan fingerprint density at radius 3 is 2.55 bits per heavy atom. The van der Waals surface area contributed by atoms with Crippen LogP contribution in [0.15, 0.2) is 59.6 Å². The molecule has 1 aliphatic heterocycles. The minimum atomic E-state index is -0.927. The van der Waals surface area contributed by atoms with Crippen molar-refractivity contribution in [3.8, 4) is 0 Å². The summed E-state index contributed by atoms with van der Waals surface area (Å²) in [5.74, 6) is 0.348. The lowest BCUT2D eigenvalue weighted by molar-refractivity contribution is -0.130. The van der Waals surface area contributed by atoms with Gasteiger partial charge in [-0.1, -0.05) is 81.1 Å². The summed E-state index contributed by atoms with van der Waals surface area (Å²) in [5.41, 5.74) is 3.35. The Morgan fingerprint density at radius 1 is 1.13 bits per heavy atom. The number of fused-ring (bicyclic) bond motifs is 1. The Bertz CT molecular complexity index is 966. The van der Waals surface area contributed by atoms with Gasteiger partial charge in [0.25, 0.3) is 5.91 Å². The van der Waals surface area contributed by atoms with Crippen LogP contribution in [0.25, 0.3) is 0 Å². The first kappa shape index (κ1) is 21.3. The van der Waals surface area contributed by atoms with Crippen LogP contribution in [0.4, 0.5) is 5.69 Å². The Morgan fingerprint density at radius 2 is 1.84 bits per heavy atom. The molecular weight excluding hydrogens is 386 g/mol. The molecule has 1 heterocycles. The van der Waals surface area contributed by atoms with Gasteiger partial charge in [-0.15, -0.1) is 0 Å². The maximum Gasteiger partial charge on any atom is 0.272 e. The van der Waals surface area contributed by atoms with Crippen LogP contribution in [0, 0.1) is 11.8 Å². The van der Waals surface area contributed by atoms with Gasteiger partial charge >= 0.3 is 0 Å². The topological polar surface area (TPSA) is 61.8 Å². The molecule has 2 atom stereocenters. The highest BCUT2D eigenvalue weighted by molar-refractivity contribution is 6.20. The predicted molar refractivity (Wildman–Crippen MR) is 124 cm³/mol. The fourth-order valence-electron chi connectivity index (χ4n) is 4.26. The van der Waals surface area contributed by atoms with Crippen molar-refractivity contribution in [2.45, 2.75) is 51.6 Å². The van der Waals surface area contributed by atoms with E-state index in [-0.39, 0.29) is 17.7 Å². The number of rotatable bonds is 8. The molecule has 0 unspecified atom stereocenters. The monoisotopic (exact) mass is 417 g/mol. The van der Waals surface area contributed by atoms with Gasteiger partial charge in [-0.3, -0.25) is 9.59 Å². The molecule has 162 valence electrons. The van der Waals surface area contributed by atoms with Gasteiger partial charge in [0.05, 0.1) is 11.4 Å². The molecule has 0 spiro atoms. The second-order valence-electron chi connectivity index (χ2n) is 8.69. The molecule has 31 heavy (non-hydrogen) atoms. The number of nitrogens with zero attached hydrogens (tertiary/aromatic N) is 2. The van der Waals surface area contributed by atoms with E-state index < -0.39 is 6.17 Å². The minimum absolute atomic E-state index is 0.0470. The number of anilines is 1. The quantitative estimate of drug-likeness (QED) is 0.685. The zero-order valence-corrected chi connectivity index (χ0v) is 18.4. The van der Waals surface area contributed by atoms with Crippen molar-refractivity contribution in [3.63, 3.8) is 0 Å². The Kier molecular flexibility index (Phi) is 6.50. The summed E-state index contributed by atoms with van der Waals surface area (Å²) in [6.45, 7) is 2.14. The van der Waals surface area contributed by atoms with E-state index >= 15 is 0 Å². The van der Waals surface area contributed by atoms with Crippen LogP contribution < -0.4 is 10.2 Å². The molecule has 1 saturated carbocycles. The van der Waals surface area contributed by atoms with Crippen molar-refractivity contribution in [1.82, 2.24) is 5.32 Å². The number of amides is 2. The van der Waals surface area contributed by atoms with Crippen molar-refractivity contribution in [2.24, 2.45) is 16.8 Å². The molecule has 1 aliphatic carbocycles. The van der Waals surface area contributed by atoms with Gasteiger partial charge in [-0.25, -0.2) is 4.99 Å². The second-order valence-corrected chi connectivity index (χ2v) is 8.69. The highest BCUT2D eigenvalue weighted by atomic mass is 16.2. The summed E-state index contributed by atoms with van der Waals surface area (Å²) < 4.78 is 0. The normalized spacial score (nSPS) is 19.3. The van der Waals surface area contributed by atoms with Crippen LogP contribution in [0.2, 0.25) is 0 Å². The molecular formula is C26H31N3O2. The number of hydrogen-bond acceptors (Lipinski definition) is 3. The summed E-state index contributed by atoms with van der Waals surface area (Å²) in [6, 6.07) is 17.6. The summed E-state index contributed by atoms with van der Waals surface area (Å²) in [7, 11) is 1.75. The van der Waals surface area contributed by atoms with Crippen LogP contribution in [0.5, 0.6) is 0 Å². The zero-order valence-electron chi connectivity index (χ0n) is 18.4. The lowest BCUT2D eigenvalue weighted by atomic mass is 9.95. The van der Waals surface area contributed by atoms with Crippen molar-refractivity contribution < 1.29 is 9.59 Å². The van der Waals surface area contributed by atoms with Crippen LogP contribution in [0.3, 0.4) is 0 Å². The number of aliphatic imine (C=N–C) groups is 1. The average Bonchev–Trinajstić information content (AvgIpc) is 3.63. The molecule has 5 nitrogen and oxygen atoms in total. The van der Waals surface area contributed by atoms with Gasteiger partial charge in [-0.05, 0) is 24.8 Å². The molecule has 2 aromatic rings. The van der Waals surface area contributed by atoms with E-state index in [1.54, 1.807) is 11.9 Å². The molecule has 0 saturated heterocycles. The molecule has 0 radical (unpaired) electrons. The van der Waals surface area contributed by atoms with E-state index in [0.717, 1.165) is 48.2 Å². The fraction of sp³-hybridized carbons (Fsp3) is 0.423. The van der Waals surface area contributed by atoms with Gasteiger partial charge in [0, 0.05) is 24.1 Å². The van der Waals surface area contributed by atoms with Crippen molar-refractivity contribution >= 4 is 23.2 Å². The second kappa shape index (κ2) is 9.46. The van der Waals surface area contributed by atoms with E-state index in [1.807, 2.05) is 54.6 Å². The zero-order chi connectivity index (χ0) is 21.8. The summed E-state index contributed by atoms with van der Waals surface area (Å²) in [4.78, 5) is 32.9. The van der Waals surface area contributed by atoms with E-state index in [2.05, 4.69) is 12.2 Å². The number of benzene rings is 2. The van der Waals surface area contributed by atoms with Crippen LogP contribution in [-0.2, 0) is 9.59 Å². The molecule has 2 amide bonds. The molecule has 2 aliphatic rings. The van der Waals surface area contributed by atoms with Gasteiger partial charge in [-0.2, -0.15) is 0 Å². The number of carbonyl (C=O) groups is 2. The minimum Gasteiger partial charge on any atom is -0.326 e. The number of nitrogens with one attached hydrogen (secondary N) is 1. The Balaban J connectivity index is 1.66. The van der Waals surface area contributed by atoms with Gasteiger partial charge in [0.2, 0.25) is 12.1 Å².